The van der Waals surface area contributed by atoms with Crippen molar-refractivity contribution in [3.05, 3.63) is 75.7 Å². The van der Waals surface area contributed by atoms with Gasteiger partial charge in [-0.3, -0.25) is 0 Å². The van der Waals surface area contributed by atoms with Gasteiger partial charge >= 0.3 is 11.6 Å². The van der Waals surface area contributed by atoms with Crippen molar-refractivity contribution in [3.8, 4) is 11.5 Å². The molecule has 29 heavy (non-hydrogen) atoms. The van der Waals surface area contributed by atoms with E-state index >= 15 is 0 Å². The maximum Gasteiger partial charge on any atom is 0.344 e. The lowest BCUT2D eigenvalue weighted by Gasteiger charge is -2.30. The van der Waals surface area contributed by atoms with Crippen LogP contribution in [0.15, 0.2) is 57.8 Å². The molecule has 0 spiro atoms. The molecule has 0 aliphatic carbocycles. The molecule has 148 valence electrons. The molecule has 1 aliphatic heterocycles. The molecule has 0 amide bonds. The van der Waals surface area contributed by atoms with Crippen molar-refractivity contribution in [3.63, 3.8) is 0 Å². The third-order valence-corrected chi connectivity index (χ3v) is 4.82. The number of aryl methyl sites for hydroxylation is 1. The molecule has 3 aromatic rings. The second-order valence-corrected chi connectivity index (χ2v) is 7.62. The van der Waals surface area contributed by atoms with E-state index in [-0.39, 0.29) is 0 Å². The first-order valence-electron chi connectivity index (χ1n) is 9.67. The normalized spacial score (nSPS) is 14.3. The standard InChI is InChI=1S/C24H22O5/c1-4-8-15-13-20(25)28-19-14-18(23(26)27-16-9-6-5-7-10-16)17-11-12-24(2,3)29-22(17)21(15)19/h5-7,9-14H,4,8H2,1-3H3. The largest absolute Gasteiger partial charge is 0.482 e. The van der Waals surface area contributed by atoms with Crippen molar-refractivity contribution in [1.82, 2.24) is 0 Å². The van der Waals surface area contributed by atoms with Crippen LogP contribution in [-0.4, -0.2) is 11.6 Å². The van der Waals surface area contributed by atoms with Crippen LogP contribution >= 0.6 is 0 Å². The van der Waals surface area contributed by atoms with Crippen molar-refractivity contribution >= 4 is 23.0 Å². The monoisotopic (exact) mass is 390 g/mol. The first kappa shape index (κ1) is 19.0. The molecule has 0 bridgehead atoms. The van der Waals surface area contributed by atoms with Crippen molar-refractivity contribution in [2.24, 2.45) is 0 Å². The highest BCUT2D eigenvalue weighted by Crippen LogP contribution is 2.41. The Labute approximate surface area is 168 Å². The third-order valence-electron chi connectivity index (χ3n) is 4.82. The van der Waals surface area contributed by atoms with Crippen LogP contribution in [-0.2, 0) is 6.42 Å². The van der Waals surface area contributed by atoms with Crippen LogP contribution in [0.25, 0.3) is 17.0 Å². The molecule has 0 unspecified atom stereocenters. The first-order valence-corrected chi connectivity index (χ1v) is 9.67. The van der Waals surface area contributed by atoms with E-state index in [1.807, 2.05) is 39.0 Å². The van der Waals surface area contributed by atoms with Gasteiger partial charge < -0.3 is 13.9 Å². The van der Waals surface area contributed by atoms with E-state index < -0.39 is 17.2 Å². The molecule has 0 fully saturated rings. The summed E-state index contributed by atoms with van der Waals surface area (Å²) in [5.41, 5.74) is 1.09. The quantitative estimate of drug-likeness (QED) is 0.350. The molecule has 5 nitrogen and oxygen atoms in total. The van der Waals surface area contributed by atoms with Gasteiger partial charge in [-0.1, -0.05) is 37.6 Å². The summed E-state index contributed by atoms with van der Waals surface area (Å²) in [6.07, 6.45) is 5.35. The number of hydrogen-bond acceptors (Lipinski definition) is 5. The predicted molar refractivity (Wildman–Crippen MR) is 112 cm³/mol. The zero-order valence-electron chi connectivity index (χ0n) is 16.7. The summed E-state index contributed by atoms with van der Waals surface area (Å²) >= 11 is 0. The maximum absolute atomic E-state index is 13.0. The molecule has 2 heterocycles. The number of ether oxygens (including phenoxy) is 2. The van der Waals surface area contributed by atoms with E-state index in [1.54, 1.807) is 30.3 Å². The molecule has 0 radical (unpaired) electrons. The Morgan fingerprint density at radius 3 is 2.62 bits per heavy atom. The molecule has 2 aromatic carbocycles. The number of carbonyl (C=O) groups excluding carboxylic acids is 1. The lowest BCUT2D eigenvalue weighted by atomic mass is 9.93. The molecule has 0 saturated heterocycles. The third kappa shape index (κ3) is 3.68. The van der Waals surface area contributed by atoms with E-state index in [4.69, 9.17) is 13.9 Å². The van der Waals surface area contributed by atoms with Crippen LogP contribution in [0.5, 0.6) is 11.5 Å². The molecule has 4 rings (SSSR count). The van der Waals surface area contributed by atoms with E-state index in [9.17, 15) is 9.59 Å². The van der Waals surface area contributed by atoms with Crippen LogP contribution in [0.1, 0.15) is 48.7 Å². The summed E-state index contributed by atoms with van der Waals surface area (Å²) < 4.78 is 17.2. The van der Waals surface area contributed by atoms with Gasteiger partial charge in [-0.25, -0.2) is 9.59 Å². The van der Waals surface area contributed by atoms with Gasteiger partial charge in [0.15, 0.2) is 0 Å². The highest BCUT2D eigenvalue weighted by atomic mass is 16.5. The fourth-order valence-electron chi connectivity index (χ4n) is 3.53. The van der Waals surface area contributed by atoms with Gasteiger partial charge in [0.25, 0.3) is 0 Å². The molecule has 5 heteroatoms. The number of hydrogen-bond donors (Lipinski definition) is 0. The molecule has 1 aromatic heterocycles. The smallest absolute Gasteiger partial charge is 0.344 e. The zero-order valence-corrected chi connectivity index (χ0v) is 16.7. The lowest BCUT2D eigenvalue weighted by Crippen LogP contribution is -2.28. The molecular weight excluding hydrogens is 368 g/mol. The summed E-state index contributed by atoms with van der Waals surface area (Å²) in [4.78, 5) is 25.1. The summed E-state index contributed by atoms with van der Waals surface area (Å²) in [5.74, 6) is 0.446. The first-order chi connectivity index (χ1) is 13.9. The number of para-hydroxylation sites is 1. The minimum atomic E-state index is -0.554. The van der Waals surface area contributed by atoms with Gasteiger partial charge in [0.1, 0.15) is 22.7 Å². The molecular formula is C24H22O5. The molecule has 0 atom stereocenters. The van der Waals surface area contributed by atoms with Gasteiger partial charge in [-0.2, -0.15) is 0 Å². The summed E-state index contributed by atoms with van der Waals surface area (Å²) in [7, 11) is 0. The van der Waals surface area contributed by atoms with Gasteiger partial charge in [0, 0.05) is 11.6 Å². The Hall–Kier alpha value is -3.34. The van der Waals surface area contributed by atoms with E-state index in [0.29, 0.717) is 34.6 Å². The Morgan fingerprint density at radius 2 is 1.90 bits per heavy atom. The number of benzene rings is 2. The molecule has 1 aliphatic rings. The fraction of sp³-hybridized carbons (Fsp3) is 0.250. The van der Waals surface area contributed by atoms with Crippen molar-refractivity contribution in [2.45, 2.75) is 39.2 Å². The van der Waals surface area contributed by atoms with E-state index in [2.05, 4.69) is 0 Å². The number of carbonyl (C=O) groups is 1. The Morgan fingerprint density at radius 1 is 1.14 bits per heavy atom. The highest BCUT2D eigenvalue weighted by Gasteiger charge is 2.30. The second-order valence-electron chi connectivity index (χ2n) is 7.62. The van der Waals surface area contributed by atoms with Crippen LogP contribution in [0.2, 0.25) is 0 Å². The van der Waals surface area contributed by atoms with Crippen LogP contribution in [0.3, 0.4) is 0 Å². The lowest BCUT2D eigenvalue weighted by molar-refractivity contribution is 0.0732. The zero-order chi connectivity index (χ0) is 20.6. The average Bonchev–Trinajstić information content (AvgIpc) is 2.67. The number of rotatable bonds is 4. The summed E-state index contributed by atoms with van der Waals surface area (Å²) in [6, 6.07) is 11.9. The Bertz CT molecular complexity index is 1170. The van der Waals surface area contributed by atoms with Gasteiger partial charge in [-0.15, -0.1) is 0 Å². The van der Waals surface area contributed by atoms with Crippen molar-refractivity contribution in [2.75, 3.05) is 0 Å². The predicted octanol–water partition coefficient (Wildman–Crippen LogP) is 5.15. The summed E-state index contributed by atoms with van der Waals surface area (Å²) in [6.45, 7) is 5.92. The average molecular weight is 390 g/mol. The number of esters is 1. The fourth-order valence-corrected chi connectivity index (χ4v) is 3.53. The van der Waals surface area contributed by atoms with Gasteiger partial charge in [-0.05, 0) is 50.1 Å². The van der Waals surface area contributed by atoms with Crippen LogP contribution in [0, 0.1) is 0 Å². The van der Waals surface area contributed by atoms with E-state index in [0.717, 1.165) is 17.4 Å². The van der Waals surface area contributed by atoms with E-state index in [1.165, 1.54) is 6.07 Å². The topological polar surface area (TPSA) is 65.7 Å². The Kier molecular flexibility index (Phi) is 4.74. The second kappa shape index (κ2) is 7.24. The molecule has 0 saturated carbocycles. The summed E-state index contributed by atoms with van der Waals surface area (Å²) in [5, 5.41) is 0.732. The maximum atomic E-state index is 13.0. The number of fused-ring (bicyclic) bond motifs is 3. The minimum absolute atomic E-state index is 0.292. The van der Waals surface area contributed by atoms with Crippen molar-refractivity contribution in [1.29, 1.82) is 0 Å². The van der Waals surface area contributed by atoms with Gasteiger partial charge in [0.2, 0.25) is 0 Å². The van der Waals surface area contributed by atoms with Gasteiger partial charge in [0.05, 0.1) is 10.9 Å². The van der Waals surface area contributed by atoms with Crippen molar-refractivity contribution < 1.29 is 18.7 Å². The van der Waals surface area contributed by atoms with Crippen LogP contribution < -0.4 is 15.1 Å². The SMILES string of the molecule is CCCc1cc(=O)oc2cc(C(=O)Oc3ccccc3)c3c(c12)OC(C)(C)C=C3. The molecule has 0 N–H and O–H groups in total. The Balaban J connectivity index is 1.94. The highest BCUT2D eigenvalue weighted by molar-refractivity contribution is 6.03. The minimum Gasteiger partial charge on any atom is -0.482 e. The van der Waals surface area contributed by atoms with Crippen LogP contribution in [0.4, 0.5) is 0 Å².